The monoisotopic (exact) mass is 510 g/mol. The van der Waals surface area contributed by atoms with E-state index in [2.05, 4.69) is 20.4 Å². The van der Waals surface area contributed by atoms with E-state index in [1.54, 1.807) is 7.11 Å². The van der Waals surface area contributed by atoms with Gasteiger partial charge in [0.15, 0.2) is 0 Å². The number of hydrogen-bond donors (Lipinski definition) is 3. The Morgan fingerprint density at radius 3 is 2.68 bits per heavy atom. The number of rotatable bonds is 11. The second-order valence-electron chi connectivity index (χ2n) is 9.29. The van der Waals surface area contributed by atoms with Crippen LogP contribution in [0.15, 0.2) is 28.8 Å². The predicted octanol–water partition coefficient (Wildman–Crippen LogP) is 3.18. The van der Waals surface area contributed by atoms with Crippen LogP contribution in [0.5, 0.6) is 11.6 Å². The lowest BCUT2D eigenvalue weighted by Gasteiger charge is -2.17. The summed E-state index contributed by atoms with van der Waals surface area (Å²) in [5, 5.41) is 25.5. The minimum absolute atomic E-state index is 0.00153. The van der Waals surface area contributed by atoms with Gasteiger partial charge in [0.05, 0.1) is 7.11 Å². The molecule has 10 heteroatoms. The van der Waals surface area contributed by atoms with E-state index >= 15 is 0 Å². The first-order valence-corrected chi connectivity index (χ1v) is 12.6. The maximum Gasteiger partial charge on any atom is 0.258 e. The van der Waals surface area contributed by atoms with Gasteiger partial charge in [0.25, 0.3) is 5.89 Å². The van der Waals surface area contributed by atoms with Crippen LogP contribution in [0, 0.1) is 6.92 Å². The number of aromatic nitrogens is 3. The van der Waals surface area contributed by atoms with Crippen molar-refractivity contribution in [3.8, 4) is 34.5 Å². The summed E-state index contributed by atoms with van der Waals surface area (Å²) < 4.78 is 17.0. The largest absolute Gasteiger partial charge is 0.490 e. The van der Waals surface area contributed by atoms with Crippen molar-refractivity contribution in [3.63, 3.8) is 0 Å². The number of benzene rings is 1. The summed E-state index contributed by atoms with van der Waals surface area (Å²) in [6, 6.07) is 7.70. The highest BCUT2D eigenvalue weighted by atomic mass is 16.5. The number of amides is 1. The van der Waals surface area contributed by atoms with E-state index < -0.39 is 18.6 Å². The Hall–Kier alpha value is -3.50. The van der Waals surface area contributed by atoms with E-state index in [0.29, 0.717) is 35.7 Å². The second-order valence-corrected chi connectivity index (χ2v) is 9.29. The first kappa shape index (κ1) is 26.6. The molecule has 1 atom stereocenters. The lowest BCUT2D eigenvalue weighted by Crippen LogP contribution is -2.36. The summed E-state index contributed by atoms with van der Waals surface area (Å²) >= 11 is 0. The molecule has 2 heterocycles. The highest BCUT2D eigenvalue weighted by molar-refractivity contribution is 5.76. The van der Waals surface area contributed by atoms with Gasteiger partial charge >= 0.3 is 0 Å². The summed E-state index contributed by atoms with van der Waals surface area (Å²) in [6.07, 6.45) is 4.44. The van der Waals surface area contributed by atoms with Crippen molar-refractivity contribution in [1.29, 1.82) is 0 Å². The van der Waals surface area contributed by atoms with E-state index in [1.165, 1.54) is 12.8 Å². The van der Waals surface area contributed by atoms with Crippen molar-refractivity contribution in [3.05, 3.63) is 41.1 Å². The summed E-state index contributed by atoms with van der Waals surface area (Å²) in [6.45, 7) is 3.30. The number of aliphatic hydroxyl groups excluding tert-OH is 2. The van der Waals surface area contributed by atoms with Gasteiger partial charge in [-0.3, -0.25) is 4.79 Å². The van der Waals surface area contributed by atoms with Crippen LogP contribution < -0.4 is 14.8 Å². The Morgan fingerprint density at radius 1 is 1.19 bits per heavy atom. The summed E-state index contributed by atoms with van der Waals surface area (Å²) in [4.78, 5) is 20.5. The number of nitrogens with zero attached hydrogens (tertiary/aromatic N) is 3. The summed E-state index contributed by atoms with van der Waals surface area (Å²) in [7, 11) is 1.60. The van der Waals surface area contributed by atoms with Crippen LogP contribution in [0.2, 0.25) is 0 Å². The molecule has 0 unspecified atom stereocenters. The summed E-state index contributed by atoms with van der Waals surface area (Å²) in [5.41, 5.74) is 4.37. The molecule has 10 nitrogen and oxygen atoms in total. The molecule has 1 saturated carbocycles. The minimum Gasteiger partial charge on any atom is -0.490 e. The smallest absolute Gasteiger partial charge is 0.258 e. The van der Waals surface area contributed by atoms with Crippen LogP contribution >= 0.6 is 0 Å². The quantitative estimate of drug-likeness (QED) is 0.355. The first-order valence-electron chi connectivity index (χ1n) is 12.6. The molecule has 1 aromatic carbocycles. The summed E-state index contributed by atoms with van der Waals surface area (Å²) in [5.74, 6) is 1.94. The molecule has 1 aliphatic rings. The Bertz CT molecular complexity index is 1220. The number of aliphatic hydroxyl groups is 2. The molecule has 2 aromatic heterocycles. The zero-order valence-electron chi connectivity index (χ0n) is 21.5. The van der Waals surface area contributed by atoms with Crippen LogP contribution in [-0.2, 0) is 11.2 Å². The van der Waals surface area contributed by atoms with Gasteiger partial charge in [-0.1, -0.05) is 24.9 Å². The molecule has 3 N–H and O–H groups in total. The number of aryl methyl sites for hydroxylation is 2. The molecule has 1 fully saturated rings. The second kappa shape index (κ2) is 12.2. The molecule has 3 aromatic rings. The van der Waals surface area contributed by atoms with Gasteiger partial charge < -0.3 is 29.5 Å². The molecular weight excluding hydrogens is 476 g/mol. The van der Waals surface area contributed by atoms with Gasteiger partial charge in [-0.15, -0.1) is 0 Å². The fourth-order valence-electron chi connectivity index (χ4n) is 4.61. The highest BCUT2D eigenvalue weighted by Gasteiger charge is 2.22. The SMILES string of the molecule is CCc1cc(-c2noc(-c3cc(OC)nc(C4CCCC4)c3)n2)cc(C)c1OC[C@@H](O)CNC(=O)CO. The standard InChI is InChI=1S/C27H34N4O6/c1-4-17-10-19(9-16(2)25(17)36-15-21(33)13-28-23(34)14-32)26-30-27(37-31-26)20-11-22(18-7-5-6-8-18)29-24(12-20)35-3/h9-12,18,21,32-33H,4-8,13-15H2,1-3H3,(H,28,34)/t21-/m0/s1. The van der Waals surface area contributed by atoms with Crippen molar-refractivity contribution in [1.82, 2.24) is 20.4 Å². The van der Waals surface area contributed by atoms with Crippen molar-refractivity contribution in [2.24, 2.45) is 0 Å². The van der Waals surface area contributed by atoms with E-state index in [4.69, 9.17) is 19.1 Å². The lowest BCUT2D eigenvalue weighted by atomic mass is 10.0. The van der Waals surface area contributed by atoms with Gasteiger partial charge in [-0.25, -0.2) is 4.98 Å². The maximum absolute atomic E-state index is 11.2. The molecule has 0 saturated heterocycles. The Labute approximate surface area is 216 Å². The number of pyridine rings is 1. The van der Waals surface area contributed by atoms with Gasteiger partial charge in [-0.2, -0.15) is 4.98 Å². The fraction of sp³-hybridized carbons (Fsp3) is 0.481. The zero-order valence-corrected chi connectivity index (χ0v) is 21.5. The fourth-order valence-corrected chi connectivity index (χ4v) is 4.61. The van der Waals surface area contributed by atoms with E-state index in [-0.39, 0.29) is 13.2 Å². The van der Waals surface area contributed by atoms with Gasteiger partial charge in [0.1, 0.15) is 25.1 Å². The third-order valence-corrected chi connectivity index (χ3v) is 6.57. The van der Waals surface area contributed by atoms with Crippen LogP contribution in [0.25, 0.3) is 22.8 Å². The predicted molar refractivity (Wildman–Crippen MR) is 136 cm³/mol. The number of ether oxygens (including phenoxy) is 2. The average molecular weight is 511 g/mol. The molecular formula is C27H34N4O6. The lowest BCUT2D eigenvalue weighted by molar-refractivity contribution is -0.124. The topological polar surface area (TPSA) is 140 Å². The third kappa shape index (κ3) is 6.44. The molecule has 37 heavy (non-hydrogen) atoms. The maximum atomic E-state index is 11.2. The van der Waals surface area contributed by atoms with Crippen LogP contribution in [-0.4, -0.2) is 64.2 Å². The zero-order chi connectivity index (χ0) is 26.4. The van der Waals surface area contributed by atoms with E-state index in [9.17, 15) is 9.90 Å². The third-order valence-electron chi connectivity index (χ3n) is 6.57. The van der Waals surface area contributed by atoms with Crippen molar-refractivity contribution >= 4 is 5.91 Å². The Morgan fingerprint density at radius 2 is 1.97 bits per heavy atom. The number of methoxy groups -OCH3 is 1. The average Bonchev–Trinajstić information content (AvgIpc) is 3.63. The number of nitrogens with one attached hydrogen (secondary N) is 1. The molecule has 198 valence electrons. The molecule has 0 radical (unpaired) electrons. The molecule has 0 spiro atoms. The molecule has 0 aliphatic heterocycles. The normalized spacial score (nSPS) is 14.5. The van der Waals surface area contributed by atoms with E-state index in [0.717, 1.165) is 40.8 Å². The van der Waals surface area contributed by atoms with Gasteiger partial charge in [0, 0.05) is 35.3 Å². The van der Waals surface area contributed by atoms with Crippen molar-refractivity contribution in [2.75, 3.05) is 26.9 Å². The molecule has 0 bridgehead atoms. The van der Waals surface area contributed by atoms with Crippen molar-refractivity contribution in [2.45, 2.75) is 58.0 Å². The highest BCUT2D eigenvalue weighted by Crippen LogP contribution is 2.36. The number of carbonyl (C=O) groups is 1. The van der Waals surface area contributed by atoms with Crippen LogP contribution in [0.4, 0.5) is 0 Å². The molecule has 1 amide bonds. The van der Waals surface area contributed by atoms with Gasteiger partial charge in [-0.05, 0) is 55.5 Å². The Balaban J connectivity index is 1.53. The molecule has 1 aliphatic carbocycles. The van der Waals surface area contributed by atoms with Crippen LogP contribution in [0.3, 0.4) is 0 Å². The van der Waals surface area contributed by atoms with Crippen molar-refractivity contribution < 1.29 is 29.0 Å². The van der Waals surface area contributed by atoms with Gasteiger partial charge in [0.2, 0.25) is 17.6 Å². The minimum atomic E-state index is -0.912. The Kier molecular flexibility index (Phi) is 8.73. The molecule has 4 rings (SSSR count). The first-order chi connectivity index (χ1) is 17.9. The number of carbonyl (C=O) groups excluding carboxylic acids is 1. The van der Waals surface area contributed by atoms with Crippen LogP contribution in [0.1, 0.15) is 55.3 Å². The van der Waals surface area contributed by atoms with E-state index in [1.807, 2.05) is 38.1 Å². The number of hydrogen-bond acceptors (Lipinski definition) is 9.